The molecule has 2 unspecified atom stereocenters. The van der Waals surface area contributed by atoms with E-state index < -0.39 is 12.1 Å². The molecule has 0 spiro atoms. The zero-order valence-electron chi connectivity index (χ0n) is 19.4. The van der Waals surface area contributed by atoms with Crippen molar-refractivity contribution in [1.82, 2.24) is 25.6 Å². The number of aryl methyl sites for hydroxylation is 1. The van der Waals surface area contributed by atoms with Crippen LogP contribution in [-0.2, 0) is 20.8 Å². The number of piperazine rings is 1. The minimum atomic E-state index is -0.559. The molecule has 34 heavy (non-hydrogen) atoms. The smallest absolute Gasteiger partial charge is 0.245 e. The molecular formula is C24H34N6O4. The van der Waals surface area contributed by atoms with Gasteiger partial charge in [0.1, 0.15) is 18.4 Å². The van der Waals surface area contributed by atoms with E-state index in [1.807, 2.05) is 23.1 Å². The first kappa shape index (κ1) is 24.0. The highest BCUT2D eigenvalue weighted by atomic mass is 16.5. The summed E-state index contributed by atoms with van der Waals surface area (Å²) >= 11 is 0. The molecule has 3 heterocycles. The van der Waals surface area contributed by atoms with Crippen LogP contribution < -0.4 is 10.9 Å². The summed E-state index contributed by atoms with van der Waals surface area (Å²) in [5.74, 6) is 0.0303. The van der Waals surface area contributed by atoms with Gasteiger partial charge in [0.15, 0.2) is 0 Å². The maximum atomic E-state index is 13.0. The summed E-state index contributed by atoms with van der Waals surface area (Å²) in [5.41, 5.74) is 2.98. The molecule has 0 aromatic heterocycles. The van der Waals surface area contributed by atoms with Crippen molar-refractivity contribution in [3.63, 3.8) is 0 Å². The number of rotatable bonds is 9. The summed E-state index contributed by atoms with van der Waals surface area (Å²) in [7, 11) is 0. The van der Waals surface area contributed by atoms with E-state index in [1.165, 1.54) is 10.5 Å². The molecule has 0 aliphatic carbocycles. The SMILES string of the molecule is O=C(NCC1CCN(C=NNO)CC1)C1CCC2C(=O)N(CCCc3ccccc3)CC(=O)N12. The van der Waals surface area contributed by atoms with Crippen LogP contribution in [0.4, 0.5) is 0 Å². The summed E-state index contributed by atoms with van der Waals surface area (Å²) < 4.78 is 0. The first-order chi connectivity index (χ1) is 16.6. The summed E-state index contributed by atoms with van der Waals surface area (Å²) in [4.78, 5) is 44.1. The second-order valence-corrected chi connectivity index (χ2v) is 9.33. The van der Waals surface area contributed by atoms with Gasteiger partial charge < -0.3 is 20.0 Å². The molecule has 10 heteroatoms. The van der Waals surface area contributed by atoms with E-state index >= 15 is 0 Å². The van der Waals surface area contributed by atoms with Gasteiger partial charge in [-0.3, -0.25) is 19.6 Å². The van der Waals surface area contributed by atoms with Crippen molar-refractivity contribution in [3.8, 4) is 0 Å². The topological polar surface area (TPSA) is 118 Å². The highest BCUT2D eigenvalue weighted by molar-refractivity contribution is 5.99. The average molecular weight is 471 g/mol. The zero-order chi connectivity index (χ0) is 23.9. The molecule has 3 fully saturated rings. The summed E-state index contributed by atoms with van der Waals surface area (Å²) in [6.07, 6.45) is 6.11. The van der Waals surface area contributed by atoms with Crippen molar-refractivity contribution in [2.45, 2.75) is 50.6 Å². The van der Waals surface area contributed by atoms with E-state index in [4.69, 9.17) is 5.21 Å². The molecule has 3 aliphatic rings. The van der Waals surface area contributed by atoms with E-state index in [1.54, 1.807) is 16.8 Å². The van der Waals surface area contributed by atoms with E-state index in [2.05, 4.69) is 22.6 Å². The number of carbonyl (C=O) groups is 3. The van der Waals surface area contributed by atoms with Crippen molar-refractivity contribution in [2.75, 3.05) is 32.7 Å². The molecule has 10 nitrogen and oxygen atoms in total. The van der Waals surface area contributed by atoms with Crippen molar-refractivity contribution in [1.29, 1.82) is 0 Å². The molecule has 0 radical (unpaired) electrons. The van der Waals surface area contributed by atoms with Crippen LogP contribution in [0.25, 0.3) is 0 Å². The van der Waals surface area contributed by atoms with E-state index in [0.29, 0.717) is 31.8 Å². The lowest BCUT2D eigenvalue weighted by Crippen LogP contribution is -2.61. The van der Waals surface area contributed by atoms with Gasteiger partial charge in [0.05, 0.1) is 6.54 Å². The zero-order valence-corrected chi connectivity index (χ0v) is 19.4. The third kappa shape index (κ3) is 5.67. The third-order valence-electron chi connectivity index (χ3n) is 7.13. The van der Waals surface area contributed by atoms with Crippen molar-refractivity contribution in [3.05, 3.63) is 35.9 Å². The Bertz CT molecular complexity index is 887. The van der Waals surface area contributed by atoms with Gasteiger partial charge in [-0.25, -0.2) is 0 Å². The largest absolute Gasteiger partial charge is 0.361 e. The van der Waals surface area contributed by atoms with Crippen LogP contribution in [0.15, 0.2) is 35.4 Å². The van der Waals surface area contributed by atoms with E-state index in [0.717, 1.165) is 38.8 Å². The lowest BCUT2D eigenvalue weighted by atomic mass is 9.97. The number of hydrazone groups is 1. The van der Waals surface area contributed by atoms with E-state index in [9.17, 15) is 14.4 Å². The predicted octanol–water partition coefficient (Wildman–Crippen LogP) is 0.571. The van der Waals surface area contributed by atoms with Gasteiger partial charge in [-0.1, -0.05) is 30.3 Å². The van der Waals surface area contributed by atoms with Gasteiger partial charge >= 0.3 is 0 Å². The quantitative estimate of drug-likeness (QED) is 0.276. The van der Waals surface area contributed by atoms with Crippen LogP contribution >= 0.6 is 0 Å². The van der Waals surface area contributed by atoms with Gasteiger partial charge in [0, 0.05) is 26.2 Å². The fourth-order valence-corrected chi connectivity index (χ4v) is 5.24. The first-order valence-corrected chi connectivity index (χ1v) is 12.1. The molecule has 1 aromatic rings. The van der Waals surface area contributed by atoms with Crippen LogP contribution in [0.3, 0.4) is 0 Å². The second kappa shape index (κ2) is 11.3. The number of fused-ring (bicyclic) bond motifs is 1. The number of nitrogens with zero attached hydrogens (tertiary/aromatic N) is 4. The van der Waals surface area contributed by atoms with Gasteiger partial charge in [0.25, 0.3) is 0 Å². The lowest BCUT2D eigenvalue weighted by molar-refractivity contribution is -0.157. The highest BCUT2D eigenvalue weighted by Crippen LogP contribution is 2.29. The standard InChI is InChI=1S/C24H34N6O4/c31-22-16-29(12-4-7-18-5-2-1-3-6-18)24(33)21-9-8-20(30(21)22)23(32)25-15-19-10-13-28(14-11-19)17-26-27-34/h1-3,5-6,17,19-21,27,34H,4,7-16H2,(H,25,32). The molecule has 2 atom stereocenters. The van der Waals surface area contributed by atoms with Gasteiger partial charge in [-0.05, 0) is 50.0 Å². The number of amides is 3. The molecule has 0 bridgehead atoms. The maximum absolute atomic E-state index is 13.0. The maximum Gasteiger partial charge on any atom is 0.245 e. The summed E-state index contributed by atoms with van der Waals surface area (Å²) in [6.45, 7) is 2.77. The second-order valence-electron chi connectivity index (χ2n) is 9.33. The molecular weight excluding hydrogens is 436 g/mol. The number of hydrogen-bond donors (Lipinski definition) is 3. The number of likely N-dealkylation sites (tertiary alicyclic amines) is 1. The molecule has 184 valence electrons. The van der Waals surface area contributed by atoms with Crippen LogP contribution in [0.5, 0.6) is 0 Å². The fourth-order valence-electron chi connectivity index (χ4n) is 5.24. The lowest BCUT2D eigenvalue weighted by Gasteiger charge is -2.38. The minimum absolute atomic E-state index is 0.0330. The fraction of sp³-hybridized carbons (Fsp3) is 0.583. The van der Waals surface area contributed by atoms with Crippen LogP contribution in [0.2, 0.25) is 0 Å². The summed E-state index contributed by atoms with van der Waals surface area (Å²) in [6, 6.07) is 9.04. The van der Waals surface area contributed by atoms with Crippen molar-refractivity contribution in [2.24, 2.45) is 11.0 Å². The average Bonchev–Trinajstić information content (AvgIpc) is 3.32. The van der Waals surface area contributed by atoms with Crippen LogP contribution in [0, 0.1) is 5.92 Å². The highest BCUT2D eigenvalue weighted by Gasteiger charge is 2.48. The molecule has 0 saturated carbocycles. The Morgan fingerprint density at radius 2 is 1.88 bits per heavy atom. The van der Waals surface area contributed by atoms with Crippen LogP contribution in [0.1, 0.15) is 37.7 Å². The molecule has 1 aromatic carbocycles. The number of benzene rings is 1. The minimum Gasteiger partial charge on any atom is -0.361 e. The predicted molar refractivity (Wildman–Crippen MR) is 126 cm³/mol. The number of hydrogen-bond acceptors (Lipinski definition) is 6. The molecule has 3 amide bonds. The Morgan fingerprint density at radius 1 is 1.12 bits per heavy atom. The summed E-state index contributed by atoms with van der Waals surface area (Å²) in [5, 5.41) is 15.2. The molecule has 3 N–H and O–H groups in total. The van der Waals surface area contributed by atoms with E-state index in [-0.39, 0.29) is 24.3 Å². The molecule has 3 saturated heterocycles. The van der Waals surface area contributed by atoms with Crippen LogP contribution in [-0.4, -0.2) is 88.8 Å². The molecule has 4 rings (SSSR count). The Balaban J connectivity index is 1.24. The van der Waals surface area contributed by atoms with Gasteiger partial charge in [-0.15, -0.1) is 5.10 Å². The van der Waals surface area contributed by atoms with Crippen molar-refractivity contribution < 1.29 is 19.6 Å². The Morgan fingerprint density at radius 3 is 2.62 bits per heavy atom. The third-order valence-corrected chi connectivity index (χ3v) is 7.13. The number of piperidine rings is 1. The number of carbonyl (C=O) groups excluding carboxylic acids is 3. The number of nitrogens with one attached hydrogen (secondary N) is 2. The Hall–Kier alpha value is -3.14. The Labute approximate surface area is 199 Å². The first-order valence-electron chi connectivity index (χ1n) is 12.1. The Kier molecular flexibility index (Phi) is 7.99. The molecule has 3 aliphatic heterocycles. The van der Waals surface area contributed by atoms with Gasteiger partial charge in [0.2, 0.25) is 17.7 Å². The monoisotopic (exact) mass is 470 g/mol. The van der Waals surface area contributed by atoms with Gasteiger partial charge in [-0.2, -0.15) is 5.59 Å². The van der Waals surface area contributed by atoms with Crippen molar-refractivity contribution >= 4 is 24.1 Å². The normalized spacial score (nSPS) is 23.5.